The average Bonchev–Trinajstić information content (AvgIpc) is 2.49. The molecular formula is C18H37N3O3. The summed E-state index contributed by atoms with van der Waals surface area (Å²) in [4.78, 5) is 27.2. The molecule has 6 nitrogen and oxygen atoms in total. The Bertz CT molecular complexity index is 359. The summed E-state index contributed by atoms with van der Waals surface area (Å²) in [5.74, 6) is 0.706. The predicted octanol–water partition coefficient (Wildman–Crippen LogP) is 1.74. The zero-order chi connectivity index (χ0) is 18.5. The van der Waals surface area contributed by atoms with Crippen LogP contribution in [0.15, 0.2) is 0 Å². The van der Waals surface area contributed by atoms with Gasteiger partial charge in [0.05, 0.1) is 19.6 Å². The van der Waals surface area contributed by atoms with Crippen LogP contribution in [0.4, 0.5) is 0 Å². The Morgan fingerprint density at radius 2 is 1.58 bits per heavy atom. The summed E-state index contributed by atoms with van der Waals surface area (Å²) >= 11 is 0. The molecule has 142 valence electrons. The highest BCUT2D eigenvalue weighted by Gasteiger charge is 2.11. The second-order valence-electron chi connectivity index (χ2n) is 7.06. The van der Waals surface area contributed by atoms with Crippen molar-refractivity contribution in [1.82, 2.24) is 15.1 Å². The summed E-state index contributed by atoms with van der Waals surface area (Å²) in [6.45, 7) is 11.4. The maximum Gasteiger partial charge on any atom is 0.224 e. The van der Waals surface area contributed by atoms with Gasteiger partial charge in [-0.2, -0.15) is 0 Å². The minimum atomic E-state index is 0.103. The maximum absolute atomic E-state index is 11.9. The van der Waals surface area contributed by atoms with Gasteiger partial charge < -0.3 is 19.9 Å². The number of carbonyl (C=O) groups is 2. The Morgan fingerprint density at radius 3 is 2.17 bits per heavy atom. The largest absolute Gasteiger partial charge is 0.379 e. The van der Waals surface area contributed by atoms with E-state index in [0.717, 1.165) is 19.5 Å². The maximum atomic E-state index is 11.9. The summed E-state index contributed by atoms with van der Waals surface area (Å²) in [6.07, 6.45) is 1.79. The molecule has 0 radical (unpaired) electrons. The van der Waals surface area contributed by atoms with Gasteiger partial charge in [-0.05, 0) is 18.9 Å². The summed E-state index contributed by atoms with van der Waals surface area (Å²) in [6, 6.07) is 0.452. The van der Waals surface area contributed by atoms with E-state index in [9.17, 15) is 9.59 Å². The highest BCUT2D eigenvalue weighted by atomic mass is 16.5. The molecule has 0 aliphatic carbocycles. The third-order valence-corrected chi connectivity index (χ3v) is 3.64. The van der Waals surface area contributed by atoms with Crippen LogP contribution in [0.3, 0.4) is 0 Å². The fourth-order valence-corrected chi connectivity index (χ4v) is 2.25. The van der Waals surface area contributed by atoms with Gasteiger partial charge in [0.25, 0.3) is 0 Å². The molecule has 0 saturated heterocycles. The Kier molecular flexibility index (Phi) is 12.6. The van der Waals surface area contributed by atoms with Gasteiger partial charge in [-0.1, -0.05) is 27.7 Å². The van der Waals surface area contributed by atoms with E-state index in [1.165, 1.54) is 0 Å². The number of rotatable bonds is 13. The van der Waals surface area contributed by atoms with Gasteiger partial charge in [-0.25, -0.2) is 0 Å². The molecule has 0 aliphatic heterocycles. The third kappa shape index (κ3) is 12.3. The summed E-state index contributed by atoms with van der Waals surface area (Å²) in [5, 5.41) is 3.30. The van der Waals surface area contributed by atoms with Gasteiger partial charge >= 0.3 is 0 Å². The smallest absolute Gasteiger partial charge is 0.224 e. The van der Waals surface area contributed by atoms with E-state index >= 15 is 0 Å². The second-order valence-corrected chi connectivity index (χ2v) is 7.06. The van der Waals surface area contributed by atoms with E-state index in [2.05, 4.69) is 33.0 Å². The molecule has 0 heterocycles. The topological polar surface area (TPSA) is 61.9 Å². The molecule has 0 fully saturated rings. The molecule has 24 heavy (non-hydrogen) atoms. The second kappa shape index (κ2) is 13.2. The fraction of sp³-hybridized carbons (Fsp3) is 0.889. The van der Waals surface area contributed by atoms with Gasteiger partial charge in [-0.15, -0.1) is 0 Å². The molecule has 2 amide bonds. The van der Waals surface area contributed by atoms with E-state index < -0.39 is 0 Å². The number of ether oxygens (including phenoxy) is 1. The first-order chi connectivity index (χ1) is 11.2. The van der Waals surface area contributed by atoms with Crippen molar-refractivity contribution in [2.45, 2.75) is 53.0 Å². The van der Waals surface area contributed by atoms with Crippen LogP contribution in [-0.2, 0) is 14.3 Å². The van der Waals surface area contributed by atoms with Crippen LogP contribution in [0.2, 0.25) is 0 Å². The number of nitrogens with zero attached hydrogens (tertiary/aromatic N) is 2. The zero-order valence-corrected chi connectivity index (χ0v) is 16.4. The lowest BCUT2D eigenvalue weighted by molar-refractivity contribution is -0.133. The summed E-state index contributed by atoms with van der Waals surface area (Å²) in [7, 11) is 3.62. The molecule has 0 rings (SSSR count). The molecule has 1 N–H and O–H groups in total. The lowest BCUT2D eigenvalue weighted by Crippen LogP contribution is -2.32. The van der Waals surface area contributed by atoms with E-state index in [1.807, 2.05) is 7.05 Å². The van der Waals surface area contributed by atoms with Crippen LogP contribution in [0.5, 0.6) is 0 Å². The first-order valence-corrected chi connectivity index (χ1v) is 9.03. The van der Waals surface area contributed by atoms with Crippen molar-refractivity contribution < 1.29 is 14.3 Å². The first kappa shape index (κ1) is 22.9. The van der Waals surface area contributed by atoms with Gasteiger partial charge in [0, 0.05) is 39.6 Å². The molecule has 0 atom stereocenters. The molecule has 0 saturated carbocycles. The van der Waals surface area contributed by atoms with Gasteiger partial charge in [0.2, 0.25) is 11.8 Å². The number of hydrogen-bond acceptors (Lipinski definition) is 4. The number of carbonyl (C=O) groups excluding carboxylic acids is 2. The van der Waals surface area contributed by atoms with E-state index in [0.29, 0.717) is 44.6 Å². The van der Waals surface area contributed by atoms with Crippen molar-refractivity contribution in [2.75, 3.05) is 46.9 Å². The normalized spacial score (nSPS) is 11.2. The first-order valence-electron chi connectivity index (χ1n) is 9.03. The van der Waals surface area contributed by atoms with Crippen molar-refractivity contribution in [3.05, 3.63) is 0 Å². The quantitative estimate of drug-likeness (QED) is 0.518. The minimum absolute atomic E-state index is 0.103. The Hall–Kier alpha value is -1.14. The van der Waals surface area contributed by atoms with Crippen molar-refractivity contribution >= 4 is 11.8 Å². The van der Waals surface area contributed by atoms with Crippen molar-refractivity contribution in [3.8, 4) is 0 Å². The zero-order valence-electron chi connectivity index (χ0n) is 16.4. The van der Waals surface area contributed by atoms with E-state index in [-0.39, 0.29) is 11.8 Å². The fourth-order valence-electron chi connectivity index (χ4n) is 2.25. The molecule has 0 aromatic rings. The van der Waals surface area contributed by atoms with Crippen molar-refractivity contribution in [2.24, 2.45) is 5.92 Å². The van der Waals surface area contributed by atoms with Crippen LogP contribution in [0, 0.1) is 5.92 Å². The Balaban J connectivity index is 3.68. The third-order valence-electron chi connectivity index (χ3n) is 3.64. The average molecular weight is 344 g/mol. The highest BCUT2D eigenvalue weighted by molar-refractivity contribution is 5.76. The van der Waals surface area contributed by atoms with E-state index in [4.69, 9.17) is 4.74 Å². The monoisotopic (exact) mass is 343 g/mol. The SMILES string of the molecule is CC(C)CN(C)C(=O)CCOCCN(C)C(=O)CCCNC(C)C. The van der Waals surface area contributed by atoms with Crippen LogP contribution < -0.4 is 5.32 Å². The molecule has 0 aromatic heterocycles. The molecule has 0 aromatic carbocycles. The van der Waals surface area contributed by atoms with E-state index in [1.54, 1.807) is 16.8 Å². The Morgan fingerprint density at radius 1 is 0.958 bits per heavy atom. The molecule has 0 unspecified atom stereocenters. The molecule has 0 bridgehead atoms. The van der Waals surface area contributed by atoms with Gasteiger partial charge in [0.1, 0.15) is 0 Å². The summed E-state index contributed by atoms with van der Waals surface area (Å²) < 4.78 is 5.48. The van der Waals surface area contributed by atoms with Crippen LogP contribution in [0.25, 0.3) is 0 Å². The van der Waals surface area contributed by atoms with Crippen LogP contribution in [-0.4, -0.2) is 74.6 Å². The number of amides is 2. The standard InChI is InChI=1S/C18H37N3O3/c1-15(2)14-21(6)18(23)9-12-24-13-11-20(5)17(22)8-7-10-19-16(3)4/h15-16,19H,7-14H2,1-6H3. The molecule has 0 aliphatic rings. The van der Waals surface area contributed by atoms with Gasteiger partial charge in [-0.3, -0.25) is 9.59 Å². The lowest BCUT2D eigenvalue weighted by Gasteiger charge is -2.20. The lowest BCUT2D eigenvalue weighted by atomic mass is 10.2. The van der Waals surface area contributed by atoms with Crippen molar-refractivity contribution in [1.29, 1.82) is 0 Å². The Labute approximate surface area is 147 Å². The highest BCUT2D eigenvalue weighted by Crippen LogP contribution is 1.99. The predicted molar refractivity (Wildman–Crippen MR) is 97.9 cm³/mol. The van der Waals surface area contributed by atoms with Crippen molar-refractivity contribution in [3.63, 3.8) is 0 Å². The molecule has 6 heteroatoms. The van der Waals surface area contributed by atoms with Gasteiger partial charge in [0.15, 0.2) is 0 Å². The number of likely N-dealkylation sites (N-methyl/N-ethyl adjacent to an activating group) is 1. The van der Waals surface area contributed by atoms with Crippen LogP contribution >= 0.6 is 0 Å². The number of nitrogens with one attached hydrogen (secondary N) is 1. The molecule has 0 spiro atoms. The number of hydrogen-bond donors (Lipinski definition) is 1. The summed E-state index contributed by atoms with van der Waals surface area (Å²) in [5.41, 5.74) is 0. The minimum Gasteiger partial charge on any atom is -0.379 e. The van der Waals surface area contributed by atoms with Crippen LogP contribution in [0.1, 0.15) is 47.0 Å². The molecular weight excluding hydrogens is 306 g/mol.